The second kappa shape index (κ2) is 4.84. The predicted octanol–water partition coefficient (Wildman–Crippen LogP) is 2.17. The number of nitrogens with zero attached hydrogens (tertiary/aromatic N) is 3. The van der Waals surface area contributed by atoms with Gasteiger partial charge in [0.15, 0.2) is 4.34 Å². The molecule has 20 heavy (non-hydrogen) atoms. The SMILES string of the molecule is CC1=NNC(=O)C1Sc1nc2ccc([N+](=O)[O-])cc2s1. The molecule has 1 aromatic heterocycles. The molecule has 102 valence electrons. The average molecular weight is 308 g/mol. The van der Waals surface area contributed by atoms with Crippen LogP contribution in [0.1, 0.15) is 6.92 Å². The molecule has 0 radical (unpaired) electrons. The van der Waals surface area contributed by atoms with Crippen LogP contribution in [-0.2, 0) is 4.79 Å². The number of thioether (sulfide) groups is 1. The lowest BCUT2D eigenvalue weighted by Gasteiger charge is -2.03. The monoisotopic (exact) mass is 308 g/mol. The van der Waals surface area contributed by atoms with Crippen molar-refractivity contribution in [2.45, 2.75) is 16.5 Å². The Kier molecular flexibility index (Phi) is 3.14. The van der Waals surface area contributed by atoms with Gasteiger partial charge in [0.05, 0.1) is 20.9 Å². The average Bonchev–Trinajstić information content (AvgIpc) is 2.95. The molecule has 1 amide bonds. The standard InChI is InChI=1S/C11H8N4O3S2/c1-5-9(10(16)14-13-5)20-11-12-7-3-2-6(15(17)18)4-8(7)19-11/h2-4,9H,1H3,(H,14,16). The van der Waals surface area contributed by atoms with Crippen LogP contribution in [0.15, 0.2) is 27.6 Å². The van der Waals surface area contributed by atoms with Crippen LogP contribution >= 0.6 is 23.1 Å². The lowest BCUT2D eigenvalue weighted by atomic mass is 10.3. The van der Waals surface area contributed by atoms with Gasteiger partial charge in [0, 0.05) is 12.1 Å². The lowest BCUT2D eigenvalue weighted by Crippen LogP contribution is -2.24. The number of hydrazone groups is 1. The number of carbonyl (C=O) groups is 1. The molecule has 1 atom stereocenters. The van der Waals surface area contributed by atoms with E-state index in [4.69, 9.17) is 0 Å². The molecule has 7 nitrogen and oxygen atoms in total. The van der Waals surface area contributed by atoms with E-state index in [0.717, 1.165) is 4.70 Å². The van der Waals surface area contributed by atoms with Crippen molar-refractivity contribution in [2.75, 3.05) is 0 Å². The van der Waals surface area contributed by atoms with Gasteiger partial charge in [-0.1, -0.05) is 11.8 Å². The van der Waals surface area contributed by atoms with Crippen LogP contribution in [0.5, 0.6) is 0 Å². The number of rotatable bonds is 3. The van der Waals surface area contributed by atoms with Gasteiger partial charge in [0.2, 0.25) is 0 Å². The van der Waals surface area contributed by atoms with Gasteiger partial charge in [-0.3, -0.25) is 14.9 Å². The fraction of sp³-hybridized carbons (Fsp3) is 0.182. The summed E-state index contributed by atoms with van der Waals surface area (Å²) in [5.41, 5.74) is 3.84. The maximum Gasteiger partial charge on any atom is 0.270 e. The fourth-order valence-electron chi connectivity index (χ4n) is 1.75. The second-order valence-corrected chi connectivity index (χ2v) is 6.50. The Morgan fingerprint density at radius 3 is 2.95 bits per heavy atom. The van der Waals surface area contributed by atoms with Crippen molar-refractivity contribution in [3.05, 3.63) is 28.3 Å². The Labute approximate surface area is 121 Å². The summed E-state index contributed by atoms with van der Waals surface area (Å²) < 4.78 is 1.42. The van der Waals surface area contributed by atoms with Crippen LogP contribution < -0.4 is 5.43 Å². The number of nitro groups is 1. The first-order chi connectivity index (χ1) is 9.54. The summed E-state index contributed by atoms with van der Waals surface area (Å²) in [6, 6.07) is 4.53. The minimum atomic E-state index is -0.437. The number of aromatic nitrogens is 1. The summed E-state index contributed by atoms with van der Waals surface area (Å²) >= 11 is 2.63. The highest BCUT2D eigenvalue weighted by atomic mass is 32.2. The molecule has 1 N–H and O–H groups in total. The predicted molar refractivity (Wildman–Crippen MR) is 77.2 cm³/mol. The molecule has 9 heteroatoms. The Morgan fingerprint density at radius 1 is 1.50 bits per heavy atom. The van der Waals surface area contributed by atoms with E-state index in [2.05, 4.69) is 15.5 Å². The zero-order chi connectivity index (χ0) is 14.3. The molecule has 1 aliphatic rings. The van der Waals surface area contributed by atoms with Crippen LogP contribution in [-0.4, -0.2) is 26.8 Å². The second-order valence-electron chi connectivity index (χ2n) is 4.12. The summed E-state index contributed by atoms with van der Waals surface area (Å²) in [6.07, 6.45) is 0. The van der Waals surface area contributed by atoms with E-state index >= 15 is 0 Å². The van der Waals surface area contributed by atoms with Crippen LogP contribution in [0.25, 0.3) is 10.2 Å². The lowest BCUT2D eigenvalue weighted by molar-refractivity contribution is -0.384. The van der Waals surface area contributed by atoms with E-state index in [-0.39, 0.29) is 16.8 Å². The molecular weight excluding hydrogens is 300 g/mol. The van der Waals surface area contributed by atoms with Gasteiger partial charge < -0.3 is 0 Å². The molecular formula is C11H8N4O3S2. The van der Waals surface area contributed by atoms with Gasteiger partial charge in [-0.2, -0.15) is 5.10 Å². The van der Waals surface area contributed by atoms with E-state index in [1.807, 2.05) is 0 Å². The highest BCUT2D eigenvalue weighted by molar-refractivity contribution is 8.03. The first kappa shape index (κ1) is 13.0. The van der Waals surface area contributed by atoms with Crippen molar-refractivity contribution in [3.63, 3.8) is 0 Å². The fourth-order valence-corrected chi connectivity index (χ4v) is 3.96. The highest BCUT2D eigenvalue weighted by Gasteiger charge is 2.29. The first-order valence-electron chi connectivity index (χ1n) is 5.60. The maximum absolute atomic E-state index is 11.6. The number of amides is 1. The third kappa shape index (κ3) is 2.25. The number of benzene rings is 1. The minimum Gasteiger partial charge on any atom is -0.271 e. The zero-order valence-electron chi connectivity index (χ0n) is 10.2. The van der Waals surface area contributed by atoms with E-state index in [1.165, 1.54) is 35.2 Å². The smallest absolute Gasteiger partial charge is 0.270 e. The van der Waals surface area contributed by atoms with Crippen molar-refractivity contribution in [1.29, 1.82) is 0 Å². The molecule has 0 bridgehead atoms. The van der Waals surface area contributed by atoms with Gasteiger partial charge in [-0.15, -0.1) is 11.3 Å². The molecule has 3 rings (SSSR count). The number of nitrogens with one attached hydrogen (secondary N) is 1. The largest absolute Gasteiger partial charge is 0.271 e. The molecule has 1 aliphatic heterocycles. The number of hydrogen-bond acceptors (Lipinski definition) is 7. The number of thiazole rings is 1. The maximum atomic E-state index is 11.6. The number of non-ortho nitro benzene ring substituents is 1. The van der Waals surface area contributed by atoms with Crippen LogP contribution in [0.2, 0.25) is 0 Å². The summed E-state index contributed by atoms with van der Waals surface area (Å²) in [7, 11) is 0. The molecule has 0 aliphatic carbocycles. The minimum absolute atomic E-state index is 0.0362. The van der Waals surface area contributed by atoms with Gasteiger partial charge in [0.25, 0.3) is 11.6 Å². The van der Waals surface area contributed by atoms with Crippen molar-refractivity contribution < 1.29 is 9.72 Å². The molecule has 0 fully saturated rings. The van der Waals surface area contributed by atoms with E-state index in [1.54, 1.807) is 13.0 Å². The first-order valence-corrected chi connectivity index (χ1v) is 7.30. The van der Waals surface area contributed by atoms with Gasteiger partial charge >= 0.3 is 0 Å². The third-order valence-electron chi connectivity index (χ3n) is 2.74. The van der Waals surface area contributed by atoms with Crippen molar-refractivity contribution in [2.24, 2.45) is 5.10 Å². The Hall–Kier alpha value is -2.00. The Bertz CT molecular complexity index is 755. The van der Waals surface area contributed by atoms with Crippen molar-refractivity contribution in [3.8, 4) is 0 Å². The third-order valence-corrected chi connectivity index (χ3v) is 5.18. The summed E-state index contributed by atoms with van der Waals surface area (Å²) in [5, 5.41) is 14.2. The molecule has 2 aromatic rings. The molecule has 1 unspecified atom stereocenters. The Morgan fingerprint density at radius 2 is 2.30 bits per heavy atom. The van der Waals surface area contributed by atoms with E-state index in [0.29, 0.717) is 15.6 Å². The van der Waals surface area contributed by atoms with Gasteiger partial charge in [0.1, 0.15) is 5.25 Å². The molecule has 0 saturated heterocycles. The highest BCUT2D eigenvalue weighted by Crippen LogP contribution is 2.34. The van der Waals surface area contributed by atoms with E-state index in [9.17, 15) is 14.9 Å². The van der Waals surface area contributed by atoms with Crippen LogP contribution in [0.4, 0.5) is 5.69 Å². The number of carbonyl (C=O) groups excluding carboxylic acids is 1. The Balaban J connectivity index is 1.91. The van der Waals surface area contributed by atoms with Crippen molar-refractivity contribution in [1.82, 2.24) is 10.4 Å². The zero-order valence-corrected chi connectivity index (χ0v) is 11.8. The van der Waals surface area contributed by atoms with E-state index < -0.39 is 4.92 Å². The van der Waals surface area contributed by atoms with Gasteiger partial charge in [-0.25, -0.2) is 10.4 Å². The molecule has 0 spiro atoms. The molecule has 2 heterocycles. The normalized spacial score (nSPS) is 18.1. The molecule has 1 aromatic carbocycles. The topological polar surface area (TPSA) is 97.5 Å². The number of hydrogen-bond donors (Lipinski definition) is 1. The number of nitro benzene ring substituents is 1. The molecule has 0 saturated carbocycles. The number of fused-ring (bicyclic) bond motifs is 1. The summed E-state index contributed by atoms with van der Waals surface area (Å²) in [4.78, 5) is 26.3. The van der Waals surface area contributed by atoms with Crippen molar-refractivity contribution >= 4 is 50.6 Å². The summed E-state index contributed by atoms with van der Waals surface area (Å²) in [6.45, 7) is 1.77. The van der Waals surface area contributed by atoms with Crippen LogP contribution in [0, 0.1) is 10.1 Å². The van der Waals surface area contributed by atoms with Gasteiger partial charge in [-0.05, 0) is 13.0 Å². The summed E-state index contributed by atoms with van der Waals surface area (Å²) in [5.74, 6) is -0.169. The quantitative estimate of drug-likeness (QED) is 0.692. The van der Waals surface area contributed by atoms with Crippen LogP contribution in [0.3, 0.4) is 0 Å².